The molecule has 0 radical (unpaired) electrons. The minimum Gasteiger partial charge on any atom is -0.496 e. The number of hydrogen-bond acceptors (Lipinski definition) is 12. The zero-order valence-electron chi connectivity index (χ0n) is 63.3. The van der Waals surface area contributed by atoms with Crippen LogP contribution in [0.3, 0.4) is 0 Å². The Balaban J connectivity index is 2.22. The van der Waals surface area contributed by atoms with Crippen molar-refractivity contribution in [2.75, 3.05) is 54.9 Å². The first kappa shape index (κ1) is 79.1. The molecule has 0 aliphatic rings. The molecule has 0 aliphatic carbocycles. The summed E-state index contributed by atoms with van der Waals surface area (Å²) in [5, 5.41) is 1.85. The average Bonchev–Trinajstić information content (AvgIpc) is 0.703. The summed E-state index contributed by atoms with van der Waals surface area (Å²) >= 11 is 15.5. The van der Waals surface area contributed by atoms with Crippen LogP contribution in [-0.4, -0.2) is 66.8 Å². The fourth-order valence-electron chi connectivity index (χ4n) is 12.4. The fourth-order valence-corrected chi connectivity index (χ4v) is 18.7. The summed E-state index contributed by atoms with van der Waals surface area (Å²) < 4.78 is 89.4. The Morgan fingerprint density at radius 2 is 0.521 bits per heavy atom. The predicted molar refractivity (Wildman–Crippen MR) is 401 cm³/mol. The van der Waals surface area contributed by atoms with E-state index in [9.17, 15) is 9.59 Å². The van der Waals surface area contributed by atoms with Gasteiger partial charge in [-0.3, -0.25) is 0 Å². The third kappa shape index (κ3) is 16.0. The van der Waals surface area contributed by atoms with Crippen molar-refractivity contribution < 1.29 is 56.6 Å². The smallest absolute Gasteiger partial charge is 0.344 e. The number of esters is 2. The van der Waals surface area contributed by atoms with E-state index >= 15 is 9.13 Å². The second-order valence-corrected chi connectivity index (χ2v) is 39.5. The van der Waals surface area contributed by atoms with Gasteiger partial charge in [-0.2, -0.15) is 0 Å². The first-order valence-electron chi connectivity index (χ1n) is 33.2. The van der Waals surface area contributed by atoms with Gasteiger partial charge in [-0.05, 0) is 130 Å². The Bertz CT molecular complexity index is 3430. The number of carbonyl (C=O) groups is 2. The number of hydrogen-bond donors (Lipinski definition) is 0. The SMILES string of the molecule is CCOC(=O)COc1c(Cl)ccc(P(=O)(c2cc(C(C)(C)C)c(OC)c(C(C)(C)C)c2)c2cc(C(C)(C)C)c(OC)c(C(C)(C)C)c2)c1-c1c(P(=O)(c2cc(C(C)(C)C)c(OC)c(C(C)(C)C)c2)c2cc(C(C)(C)C)c(OC)c(C(C)(C)C)c2)ccc(Cl)c1OCC(=O)OCC. The van der Waals surface area contributed by atoms with Gasteiger partial charge in [-0.15, -0.1) is 0 Å². The van der Waals surface area contributed by atoms with Crippen LogP contribution in [-0.2, 0) is 71.5 Å². The van der Waals surface area contributed by atoms with Gasteiger partial charge in [0, 0.05) is 87.5 Å². The Morgan fingerprint density at radius 3 is 0.677 bits per heavy atom. The van der Waals surface area contributed by atoms with Crippen molar-refractivity contribution in [3.05, 3.63) is 127 Å². The molecule has 0 heterocycles. The molecule has 0 saturated heterocycles. The fraction of sp³-hybridized carbons (Fsp3) is 0.525. The van der Waals surface area contributed by atoms with Crippen molar-refractivity contribution in [1.82, 2.24) is 0 Å². The van der Waals surface area contributed by atoms with Crippen LogP contribution in [0.1, 0.15) is 225 Å². The van der Waals surface area contributed by atoms with Crippen LogP contribution in [0.25, 0.3) is 11.1 Å². The van der Waals surface area contributed by atoms with Gasteiger partial charge in [-0.25, -0.2) is 9.59 Å². The van der Waals surface area contributed by atoms with Gasteiger partial charge >= 0.3 is 11.9 Å². The van der Waals surface area contributed by atoms with Gasteiger partial charge in [0.1, 0.15) is 34.5 Å². The van der Waals surface area contributed by atoms with E-state index in [2.05, 4.69) is 166 Å². The van der Waals surface area contributed by atoms with E-state index in [1.165, 1.54) is 0 Å². The van der Waals surface area contributed by atoms with E-state index in [1.54, 1.807) is 66.6 Å². The molecule has 0 atom stereocenters. The second kappa shape index (κ2) is 28.4. The van der Waals surface area contributed by atoms with E-state index in [4.69, 9.17) is 61.1 Å². The molecule has 0 amide bonds. The molecule has 12 nitrogen and oxygen atoms in total. The molecule has 526 valence electrons. The highest BCUT2D eigenvalue weighted by atomic mass is 35.5. The molecule has 0 saturated carbocycles. The lowest BCUT2D eigenvalue weighted by Crippen LogP contribution is -2.34. The zero-order valence-corrected chi connectivity index (χ0v) is 66.6. The lowest BCUT2D eigenvalue weighted by atomic mass is 9.79. The summed E-state index contributed by atoms with van der Waals surface area (Å²) in [6.45, 7) is 52.4. The molecular weight excluding hydrogens is 1290 g/mol. The highest BCUT2D eigenvalue weighted by molar-refractivity contribution is 7.86. The van der Waals surface area contributed by atoms with Gasteiger partial charge in [0.15, 0.2) is 27.5 Å². The van der Waals surface area contributed by atoms with Crippen LogP contribution < -0.4 is 60.2 Å². The van der Waals surface area contributed by atoms with E-state index < -0.39 is 82.8 Å². The molecule has 6 aromatic carbocycles. The molecule has 0 bridgehead atoms. The van der Waals surface area contributed by atoms with Gasteiger partial charge in [0.25, 0.3) is 0 Å². The molecule has 96 heavy (non-hydrogen) atoms. The Hall–Kier alpha value is -5.90. The zero-order chi connectivity index (χ0) is 73.0. The first-order chi connectivity index (χ1) is 43.8. The molecule has 0 unspecified atom stereocenters. The maximum atomic E-state index is 19.3. The van der Waals surface area contributed by atoms with Crippen LogP contribution >= 0.6 is 37.5 Å². The van der Waals surface area contributed by atoms with Gasteiger partial charge in [-0.1, -0.05) is 189 Å². The third-order valence-corrected chi connectivity index (χ3v) is 24.1. The molecule has 6 aromatic rings. The minimum atomic E-state index is -4.65. The van der Waals surface area contributed by atoms with E-state index in [0.717, 1.165) is 44.5 Å². The summed E-state index contributed by atoms with van der Waals surface area (Å²) in [5.74, 6) is 0.826. The van der Waals surface area contributed by atoms with Crippen LogP contribution in [0.15, 0.2) is 72.8 Å². The molecule has 6 rings (SSSR count). The van der Waals surface area contributed by atoms with Gasteiger partial charge in [0.05, 0.1) is 51.7 Å². The number of rotatable bonds is 19. The maximum Gasteiger partial charge on any atom is 0.344 e. The number of carbonyl (C=O) groups excluding carboxylic acids is 2. The van der Waals surface area contributed by atoms with Gasteiger partial charge in [0.2, 0.25) is 0 Å². The largest absolute Gasteiger partial charge is 0.496 e. The normalized spacial score (nSPS) is 13.1. The van der Waals surface area contributed by atoms with Crippen molar-refractivity contribution >= 4 is 81.3 Å². The molecular formula is C80H110Cl2O12P2. The molecule has 0 fully saturated rings. The van der Waals surface area contributed by atoms with Crippen molar-refractivity contribution in [2.24, 2.45) is 0 Å². The van der Waals surface area contributed by atoms with Crippen LogP contribution in [0, 0.1) is 0 Å². The van der Waals surface area contributed by atoms with E-state index in [0.29, 0.717) is 44.2 Å². The maximum absolute atomic E-state index is 19.3. The van der Waals surface area contributed by atoms with Crippen LogP contribution in [0.4, 0.5) is 0 Å². The summed E-state index contributed by atoms with van der Waals surface area (Å²) in [7, 11) is -2.68. The van der Waals surface area contributed by atoms with Crippen molar-refractivity contribution in [1.29, 1.82) is 0 Å². The molecule has 16 heteroatoms. The van der Waals surface area contributed by atoms with Gasteiger partial charge < -0.3 is 47.0 Å². The third-order valence-electron chi connectivity index (χ3n) is 17.4. The lowest BCUT2D eigenvalue weighted by Gasteiger charge is -2.35. The first-order valence-corrected chi connectivity index (χ1v) is 37.4. The summed E-state index contributed by atoms with van der Waals surface area (Å²) in [6.07, 6.45) is 0. The van der Waals surface area contributed by atoms with Crippen LogP contribution in [0.5, 0.6) is 34.5 Å². The minimum absolute atomic E-state index is 0.0174. The Labute approximate surface area is 585 Å². The molecule has 0 spiro atoms. The monoisotopic (exact) mass is 1390 g/mol. The van der Waals surface area contributed by atoms with Crippen molar-refractivity contribution in [2.45, 2.75) is 223 Å². The van der Waals surface area contributed by atoms with Crippen molar-refractivity contribution in [3.63, 3.8) is 0 Å². The average molecular weight is 1400 g/mol. The second-order valence-electron chi connectivity index (χ2n) is 33.2. The predicted octanol–water partition coefficient (Wildman–Crippen LogP) is 18.2. The van der Waals surface area contributed by atoms with E-state index in [1.807, 2.05) is 48.5 Å². The summed E-state index contributed by atoms with van der Waals surface area (Å²) in [4.78, 5) is 28.1. The Morgan fingerprint density at radius 1 is 0.333 bits per heavy atom. The Kier molecular flexibility index (Phi) is 23.4. The molecule has 0 aliphatic heterocycles. The highest BCUT2D eigenvalue weighted by Crippen LogP contribution is 2.59. The lowest BCUT2D eigenvalue weighted by molar-refractivity contribution is -0.146. The summed E-state index contributed by atoms with van der Waals surface area (Å²) in [6, 6.07) is 22.5. The van der Waals surface area contributed by atoms with Crippen LogP contribution in [0.2, 0.25) is 10.0 Å². The standard InChI is InChI=1S/C80H110Cl2O12P2/c1-31-91-63(83)45-93-71-59(81)33-35-61(95(85,47-37-51(73(3,4)5)67(87-27)52(38-47)74(6,7)8)48-39-53(75(9,10)11)68(88-28)54(40-48)76(12,13)14)65(71)66-62(36-34-60(82)72(66)94-46-64(84)92-32-2)96(86,49-41-55(77(15,16)17)69(89-29)56(42-49)78(18,19)20)50-43-57(79(21,22)23)70(90-30)58(44-50)80(24,25)26/h33-44H,31-32,45-46H2,1-30H3. The summed E-state index contributed by atoms with van der Waals surface area (Å²) in [5.41, 5.74) is 1.41. The number of methoxy groups -OCH3 is 4. The molecule has 0 aromatic heterocycles. The number of benzene rings is 6. The topological polar surface area (TPSA) is 142 Å². The number of ether oxygens (including phenoxy) is 8. The number of halogens is 2. The quantitative estimate of drug-likeness (QED) is 0.0563. The highest BCUT2D eigenvalue weighted by Gasteiger charge is 2.46. The van der Waals surface area contributed by atoms with E-state index in [-0.39, 0.29) is 56.5 Å². The van der Waals surface area contributed by atoms with Crippen molar-refractivity contribution in [3.8, 4) is 45.6 Å². The molecule has 0 N–H and O–H groups in total.